The first kappa shape index (κ1) is 55.1. The van der Waals surface area contributed by atoms with Crippen LogP contribution in [0.25, 0.3) is 0 Å². The lowest BCUT2D eigenvalue weighted by Gasteiger charge is -2.15. The third kappa shape index (κ3) is 46.7. The Morgan fingerprint density at radius 3 is 1.09 bits per heavy atom. The number of ether oxygens (including phenoxy) is 2. The van der Waals surface area contributed by atoms with Gasteiger partial charge in [-0.3, -0.25) is 9.59 Å². The van der Waals surface area contributed by atoms with E-state index in [1.807, 2.05) is 0 Å². The summed E-state index contributed by atoms with van der Waals surface area (Å²) >= 11 is 0. The van der Waals surface area contributed by atoms with Gasteiger partial charge < -0.3 is 14.6 Å². The first-order valence-corrected chi connectivity index (χ1v) is 25.0. The van der Waals surface area contributed by atoms with E-state index in [0.717, 1.165) is 57.8 Å². The van der Waals surface area contributed by atoms with E-state index < -0.39 is 6.10 Å². The molecule has 0 bridgehead atoms. The Hall–Kier alpha value is -1.88. The van der Waals surface area contributed by atoms with Crippen molar-refractivity contribution in [1.82, 2.24) is 0 Å². The Morgan fingerprint density at radius 1 is 0.404 bits per heavy atom. The third-order valence-electron chi connectivity index (χ3n) is 11.2. The van der Waals surface area contributed by atoms with Crippen LogP contribution >= 0.6 is 0 Å². The number of aliphatic hydroxyl groups excluding tert-OH is 1. The SMILES string of the molecule is CCCCC/C=C\C/C=C\C/C=C\CCCCCCCCC(=O)OC(CO)COC(=O)CCCCCCCCCCCCCCCCCCCCCCCCCC. The van der Waals surface area contributed by atoms with Crippen LogP contribution in [0.4, 0.5) is 0 Å². The molecule has 0 fully saturated rings. The van der Waals surface area contributed by atoms with E-state index in [4.69, 9.17) is 9.47 Å². The van der Waals surface area contributed by atoms with Gasteiger partial charge in [-0.15, -0.1) is 0 Å². The second-order valence-corrected chi connectivity index (χ2v) is 16.9. The highest BCUT2D eigenvalue weighted by atomic mass is 16.6. The zero-order chi connectivity index (χ0) is 41.4. The van der Waals surface area contributed by atoms with Gasteiger partial charge in [0.2, 0.25) is 0 Å². The Bertz CT molecular complexity index is 908. The van der Waals surface area contributed by atoms with Gasteiger partial charge in [-0.1, -0.05) is 237 Å². The molecule has 0 aromatic carbocycles. The molecule has 0 aliphatic carbocycles. The number of rotatable bonds is 46. The fraction of sp³-hybridized carbons (Fsp3) is 0.846. The maximum Gasteiger partial charge on any atom is 0.306 e. The normalized spacial score (nSPS) is 12.4. The molecule has 1 N–H and O–H groups in total. The average molecular weight is 801 g/mol. The van der Waals surface area contributed by atoms with Crippen LogP contribution in [-0.4, -0.2) is 36.4 Å². The van der Waals surface area contributed by atoms with Crippen LogP contribution in [0.3, 0.4) is 0 Å². The molecule has 0 aromatic heterocycles. The number of unbranched alkanes of at least 4 members (excludes halogenated alkanes) is 32. The largest absolute Gasteiger partial charge is 0.462 e. The van der Waals surface area contributed by atoms with E-state index in [1.165, 1.54) is 180 Å². The Balaban J connectivity index is 3.48. The number of hydrogen-bond acceptors (Lipinski definition) is 5. The van der Waals surface area contributed by atoms with Crippen molar-refractivity contribution in [3.63, 3.8) is 0 Å². The minimum absolute atomic E-state index is 0.0677. The highest BCUT2D eigenvalue weighted by molar-refractivity contribution is 5.70. The molecule has 0 aliphatic heterocycles. The second kappa shape index (κ2) is 48.5. The van der Waals surface area contributed by atoms with Crippen molar-refractivity contribution in [3.05, 3.63) is 36.5 Å². The second-order valence-electron chi connectivity index (χ2n) is 16.9. The number of carbonyl (C=O) groups is 2. The Kier molecular flexibility index (Phi) is 46.9. The smallest absolute Gasteiger partial charge is 0.306 e. The molecule has 0 saturated carbocycles. The van der Waals surface area contributed by atoms with Gasteiger partial charge in [-0.2, -0.15) is 0 Å². The van der Waals surface area contributed by atoms with Crippen molar-refractivity contribution >= 4 is 11.9 Å². The molecule has 5 nitrogen and oxygen atoms in total. The molecule has 0 saturated heterocycles. The maximum atomic E-state index is 12.2. The van der Waals surface area contributed by atoms with E-state index in [0.29, 0.717) is 12.8 Å². The molecule has 57 heavy (non-hydrogen) atoms. The number of hydrogen-bond donors (Lipinski definition) is 1. The fourth-order valence-electron chi connectivity index (χ4n) is 7.39. The number of esters is 2. The Labute approximate surface area is 355 Å². The molecule has 0 amide bonds. The van der Waals surface area contributed by atoms with E-state index in [9.17, 15) is 14.7 Å². The topological polar surface area (TPSA) is 72.8 Å². The molecular formula is C52H96O5. The summed E-state index contributed by atoms with van der Waals surface area (Å²) in [6.07, 6.45) is 60.9. The minimum atomic E-state index is -0.777. The minimum Gasteiger partial charge on any atom is -0.462 e. The quantitative estimate of drug-likeness (QED) is 0.0377. The van der Waals surface area contributed by atoms with Crippen molar-refractivity contribution in [2.24, 2.45) is 0 Å². The van der Waals surface area contributed by atoms with Gasteiger partial charge in [-0.05, 0) is 51.4 Å². The van der Waals surface area contributed by atoms with E-state index >= 15 is 0 Å². The molecule has 334 valence electrons. The van der Waals surface area contributed by atoms with Crippen molar-refractivity contribution in [3.8, 4) is 0 Å². The zero-order valence-electron chi connectivity index (χ0n) is 38.1. The van der Waals surface area contributed by atoms with Crippen LogP contribution in [0, 0.1) is 0 Å². The molecule has 0 rings (SSSR count). The lowest BCUT2D eigenvalue weighted by molar-refractivity contribution is -0.161. The number of aliphatic hydroxyl groups is 1. The van der Waals surface area contributed by atoms with Crippen molar-refractivity contribution in [1.29, 1.82) is 0 Å². The summed E-state index contributed by atoms with van der Waals surface area (Å²) < 4.78 is 10.7. The van der Waals surface area contributed by atoms with Crippen LogP contribution in [0.2, 0.25) is 0 Å². The van der Waals surface area contributed by atoms with Gasteiger partial charge in [0.1, 0.15) is 6.61 Å². The highest BCUT2D eigenvalue weighted by Gasteiger charge is 2.16. The van der Waals surface area contributed by atoms with Gasteiger partial charge in [0.25, 0.3) is 0 Å². The molecule has 1 atom stereocenters. The van der Waals surface area contributed by atoms with Crippen LogP contribution < -0.4 is 0 Å². The third-order valence-corrected chi connectivity index (χ3v) is 11.2. The van der Waals surface area contributed by atoms with Crippen LogP contribution in [0.15, 0.2) is 36.5 Å². The van der Waals surface area contributed by atoms with Crippen LogP contribution in [-0.2, 0) is 19.1 Å². The van der Waals surface area contributed by atoms with Gasteiger partial charge in [0.15, 0.2) is 6.10 Å². The summed E-state index contributed by atoms with van der Waals surface area (Å²) in [5.74, 6) is -0.593. The number of carbonyl (C=O) groups excluding carboxylic acids is 2. The summed E-state index contributed by atoms with van der Waals surface area (Å²) in [4.78, 5) is 24.4. The Morgan fingerprint density at radius 2 is 0.702 bits per heavy atom. The summed E-state index contributed by atoms with van der Waals surface area (Å²) in [5.41, 5.74) is 0. The zero-order valence-corrected chi connectivity index (χ0v) is 38.1. The summed E-state index contributed by atoms with van der Waals surface area (Å²) in [6.45, 7) is 4.13. The molecule has 0 spiro atoms. The van der Waals surface area contributed by atoms with Crippen molar-refractivity contribution in [2.75, 3.05) is 13.2 Å². The van der Waals surface area contributed by atoms with Gasteiger partial charge >= 0.3 is 11.9 Å². The molecule has 1 unspecified atom stereocenters. The van der Waals surface area contributed by atoms with E-state index in [-0.39, 0.29) is 25.2 Å². The number of allylic oxidation sites excluding steroid dienone is 6. The lowest BCUT2D eigenvalue weighted by Crippen LogP contribution is -2.28. The van der Waals surface area contributed by atoms with Crippen LogP contribution in [0.5, 0.6) is 0 Å². The van der Waals surface area contributed by atoms with Crippen LogP contribution in [0.1, 0.15) is 264 Å². The average Bonchev–Trinajstić information content (AvgIpc) is 3.21. The van der Waals surface area contributed by atoms with Gasteiger partial charge in [-0.25, -0.2) is 0 Å². The first-order chi connectivity index (χ1) is 28.1. The molecule has 5 heteroatoms. The predicted molar refractivity (Wildman–Crippen MR) is 247 cm³/mol. The maximum absolute atomic E-state index is 12.2. The standard InChI is InChI=1S/C52H96O5/c1-3-5-7-9-11-13-15-17-19-21-23-24-25-26-27-29-30-32-34-36-38-40-42-44-46-51(54)56-49-50(48-53)57-52(55)47-45-43-41-39-37-35-33-31-28-22-20-18-16-14-12-10-8-6-4-2/h12,14,18,20,28,31,50,53H,3-11,13,15-17,19,21-27,29-30,32-49H2,1-2H3/b14-12-,20-18-,31-28-. The first-order valence-electron chi connectivity index (χ1n) is 25.0. The predicted octanol–water partition coefficient (Wildman–Crippen LogP) is 16.4. The molecular weight excluding hydrogens is 705 g/mol. The molecule has 0 heterocycles. The lowest BCUT2D eigenvalue weighted by atomic mass is 10.0. The summed E-state index contributed by atoms with van der Waals surface area (Å²) in [6, 6.07) is 0. The molecule has 0 radical (unpaired) electrons. The van der Waals surface area contributed by atoms with Crippen molar-refractivity contribution in [2.45, 2.75) is 270 Å². The summed E-state index contributed by atoms with van der Waals surface area (Å²) in [5, 5.41) is 9.61. The monoisotopic (exact) mass is 801 g/mol. The highest BCUT2D eigenvalue weighted by Crippen LogP contribution is 2.16. The van der Waals surface area contributed by atoms with Crippen molar-refractivity contribution < 1.29 is 24.2 Å². The van der Waals surface area contributed by atoms with Gasteiger partial charge in [0, 0.05) is 12.8 Å². The van der Waals surface area contributed by atoms with E-state index in [1.54, 1.807) is 0 Å². The molecule has 0 aromatic rings. The van der Waals surface area contributed by atoms with E-state index in [2.05, 4.69) is 50.3 Å². The van der Waals surface area contributed by atoms with Gasteiger partial charge in [0.05, 0.1) is 6.61 Å². The summed E-state index contributed by atoms with van der Waals surface area (Å²) in [7, 11) is 0. The fourth-order valence-corrected chi connectivity index (χ4v) is 7.39. The molecule has 0 aliphatic rings.